The molecule has 0 saturated heterocycles. The lowest BCUT2D eigenvalue weighted by molar-refractivity contribution is -0.124. The Morgan fingerprint density at radius 1 is 1.24 bits per heavy atom. The molecule has 0 aliphatic heterocycles. The number of rotatable bonds is 8. The van der Waals surface area contributed by atoms with Gasteiger partial charge in [-0.1, -0.05) is 47.1 Å². The van der Waals surface area contributed by atoms with Gasteiger partial charge in [0, 0.05) is 30.4 Å². The fraction of sp³-hybridized carbons (Fsp3) is 0.600. The van der Waals surface area contributed by atoms with E-state index in [4.69, 9.17) is 12.2 Å². The third-order valence-corrected chi connectivity index (χ3v) is 4.51. The van der Waals surface area contributed by atoms with Crippen molar-refractivity contribution in [1.29, 1.82) is 0 Å². The maximum atomic E-state index is 12.6. The number of thiocarbonyl (C=S) groups is 1. The van der Waals surface area contributed by atoms with Gasteiger partial charge in [0.1, 0.15) is 0 Å². The maximum Gasteiger partial charge on any atom is 0.230 e. The highest BCUT2D eigenvalue weighted by atomic mass is 32.1. The van der Waals surface area contributed by atoms with E-state index in [-0.39, 0.29) is 5.91 Å². The first-order valence-corrected chi connectivity index (χ1v) is 9.50. The van der Waals surface area contributed by atoms with Crippen LogP contribution in [0.5, 0.6) is 0 Å². The van der Waals surface area contributed by atoms with Gasteiger partial charge in [-0.05, 0) is 49.2 Å². The third kappa shape index (κ3) is 7.43. The Morgan fingerprint density at radius 3 is 2.40 bits per heavy atom. The highest BCUT2D eigenvalue weighted by Crippen LogP contribution is 2.27. The molecule has 0 bridgehead atoms. The van der Waals surface area contributed by atoms with Gasteiger partial charge in [-0.25, -0.2) is 0 Å². The molecular formula is C20H33N3OS. The molecule has 0 atom stereocenters. The minimum Gasteiger partial charge on any atom is -0.352 e. The average molecular weight is 364 g/mol. The summed E-state index contributed by atoms with van der Waals surface area (Å²) in [4.78, 5) is 14.6. The van der Waals surface area contributed by atoms with Crippen LogP contribution in [0.3, 0.4) is 0 Å². The van der Waals surface area contributed by atoms with Crippen LogP contribution in [0.25, 0.3) is 0 Å². The van der Waals surface area contributed by atoms with E-state index < -0.39 is 5.41 Å². The van der Waals surface area contributed by atoms with Crippen LogP contribution in [-0.2, 0) is 4.79 Å². The van der Waals surface area contributed by atoms with Crippen LogP contribution in [0.2, 0.25) is 0 Å². The van der Waals surface area contributed by atoms with Gasteiger partial charge in [0.25, 0.3) is 0 Å². The topological polar surface area (TPSA) is 44.4 Å². The van der Waals surface area contributed by atoms with Gasteiger partial charge in [0.05, 0.1) is 0 Å². The van der Waals surface area contributed by atoms with Crippen molar-refractivity contribution in [2.75, 3.05) is 24.2 Å². The number of nitrogens with zero attached hydrogens (tertiary/aromatic N) is 1. The molecule has 0 heterocycles. The average Bonchev–Trinajstić information content (AvgIpc) is 2.51. The summed E-state index contributed by atoms with van der Waals surface area (Å²) in [6.07, 6.45) is 3.10. The lowest BCUT2D eigenvalue weighted by atomic mass is 9.83. The molecule has 0 aliphatic rings. The Kier molecular flexibility index (Phi) is 8.36. The van der Waals surface area contributed by atoms with Gasteiger partial charge in [-0.3, -0.25) is 4.79 Å². The number of hydrogen-bond acceptors (Lipinski definition) is 2. The van der Waals surface area contributed by atoms with Gasteiger partial charge in [-0.2, -0.15) is 0 Å². The largest absolute Gasteiger partial charge is 0.352 e. The number of amides is 1. The van der Waals surface area contributed by atoms with E-state index in [9.17, 15) is 4.79 Å². The Labute approximate surface area is 158 Å². The minimum absolute atomic E-state index is 0.0426. The van der Waals surface area contributed by atoms with Crippen LogP contribution in [0.1, 0.15) is 53.9 Å². The summed E-state index contributed by atoms with van der Waals surface area (Å²) in [6, 6.07) is 7.69. The van der Waals surface area contributed by atoms with Crippen molar-refractivity contribution in [3.05, 3.63) is 24.3 Å². The molecule has 140 valence electrons. The molecule has 2 N–H and O–H groups in total. The van der Waals surface area contributed by atoms with Gasteiger partial charge >= 0.3 is 0 Å². The van der Waals surface area contributed by atoms with Gasteiger partial charge in [-0.15, -0.1) is 0 Å². The summed E-state index contributed by atoms with van der Waals surface area (Å²) >= 11 is 5.44. The zero-order chi connectivity index (χ0) is 19.0. The summed E-state index contributed by atoms with van der Waals surface area (Å²) < 4.78 is 0. The summed E-state index contributed by atoms with van der Waals surface area (Å²) in [5.41, 5.74) is 1.27. The van der Waals surface area contributed by atoms with Crippen LogP contribution in [0.4, 0.5) is 11.4 Å². The molecule has 1 aromatic carbocycles. The Hall–Kier alpha value is -1.62. The van der Waals surface area contributed by atoms with E-state index in [2.05, 4.69) is 31.4 Å². The molecule has 0 radical (unpaired) electrons. The van der Waals surface area contributed by atoms with Crippen molar-refractivity contribution in [2.45, 2.75) is 53.9 Å². The highest BCUT2D eigenvalue weighted by Gasteiger charge is 2.28. The molecule has 0 fully saturated rings. The molecule has 25 heavy (non-hydrogen) atoms. The van der Waals surface area contributed by atoms with Crippen LogP contribution in [0, 0.1) is 11.3 Å². The second kappa shape index (κ2) is 9.76. The molecule has 0 unspecified atom stereocenters. The number of nitrogens with one attached hydrogen (secondary N) is 2. The Morgan fingerprint density at radius 2 is 1.84 bits per heavy atom. The third-order valence-electron chi connectivity index (χ3n) is 4.10. The fourth-order valence-corrected chi connectivity index (χ4v) is 3.01. The Bertz CT molecular complexity index is 584. The van der Waals surface area contributed by atoms with Crippen molar-refractivity contribution >= 4 is 34.6 Å². The minimum atomic E-state index is -0.396. The van der Waals surface area contributed by atoms with E-state index in [1.807, 2.05) is 50.1 Å². The molecule has 0 saturated carbocycles. The zero-order valence-corrected chi connectivity index (χ0v) is 17.3. The van der Waals surface area contributed by atoms with Crippen molar-refractivity contribution in [2.24, 2.45) is 11.3 Å². The molecule has 0 aliphatic carbocycles. The standard InChI is InChI=1S/C20H33N3OS/c1-7-8-12-23(6)19(25)22-17-11-9-10-16(13-17)21-18(24)20(4,5)14-15(2)3/h9-11,13,15H,7-8,12,14H2,1-6H3,(H,21,24)(H,22,25). The normalized spacial score (nSPS) is 11.3. The predicted molar refractivity (Wildman–Crippen MR) is 112 cm³/mol. The lowest BCUT2D eigenvalue weighted by Crippen LogP contribution is -2.32. The van der Waals surface area contributed by atoms with E-state index >= 15 is 0 Å². The molecule has 5 heteroatoms. The SMILES string of the molecule is CCCCN(C)C(=S)Nc1cccc(NC(=O)C(C)(C)CC(C)C)c1. The van der Waals surface area contributed by atoms with E-state index in [0.717, 1.165) is 37.2 Å². The van der Waals surface area contributed by atoms with Gasteiger partial charge < -0.3 is 15.5 Å². The predicted octanol–water partition coefficient (Wildman–Crippen LogP) is 5.13. The number of unbranched alkanes of at least 4 members (excludes halogenated alkanes) is 1. The molecule has 1 aromatic rings. The fourth-order valence-electron chi connectivity index (χ4n) is 2.80. The van der Waals surface area contributed by atoms with Crippen LogP contribution in [0.15, 0.2) is 24.3 Å². The van der Waals surface area contributed by atoms with E-state index in [0.29, 0.717) is 11.0 Å². The second-order valence-electron chi connectivity index (χ2n) is 7.72. The molecule has 0 aromatic heterocycles. The van der Waals surface area contributed by atoms with Crippen molar-refractivity contribution in [1.82, 2.24) is 4.90 Å². The van der Waals surface area contributed by atoms with Crippen molar-refractivity contribution in [3.63, 3.8) is 0 Å². The summed E-state index contributed by atoms with van der Waals surface area (Å²) in [5.74, 6) is 0.519. The van der Waals surface area contributed by atoms with Crippen LogP contribution < -0.4 is 10.6 Å². The molecule has 1 rings (SSSR count). The zero-order valence-electron chi connectivity index (χ0n) is 16.5. The highest BCUT2D eigenvalue weighted by molar-refractivity contribution is 7.80. The summed E-state index contributed by atoms with van der Waals surface area (Å²) in [7, 11) is 1.99. The van der Waals surface area contributed by atoms with Gasteiger partial charge in [0.15, 0.2) is 5.11 Å². The second-order valence-corrected chi connectivity index (χ2v) is 8.11. The number of carbonyl (C=O) groups excluding carboxylic acids is 1. The van der Waals surface area contributed by atoms with Crippen molar-refractivity contribution in [3.8, 4) is 0 Å². The first kappa shape index (κ1) is 21.4. The quantitative estimate of drug-likeness (QED) is 0.629. The lowest BCUT2D eigenvalue weighted by Gasteiger charge is -2.25. The molecule has 0 spiro atoms. The number of carbonyl (C=O) groups is 1. The number of benzene rings is 1. The van der Waals surface area contributed by atoms with E-state index in [1.165, 1.54) is 0 Å². The van der Waals surface area contributed by atoms with E-state index in [1.54, 1.807) is 0 Å². The molecule has 1 amide bonds. The molecular weight excluding hydrogens is 330 g/mol. The molecule has 4 nitrogen and oxygen atoms in total. The van der Waals surface area contributed by atoms with Crippen molar-refractivity contribution < 1.29 is 4.79 Å². The maximum absolute atomic E-state index is 12.6. The Balaban J connectivity index is 2.71. The number of anilines is 2. The summed E-state index contributed by atoms with van der Waals surface area (Å²) in [5, 5.41) is 6.96. The van der Waals surface area contributed by atoms with Crippen LogP contribution in [-0.4, -0.2) is 29.5 Å². The first-order chi connectivity index (χ1) is 11.7. The first-order valence-electron chi connectivity index (χ1n) is 9.09. The number of hydrogen-bond donors (Lipinski definition) is 2. The summed E-state index contributed by atoms with van der Waals surface area (Å²) in [6.45, 7) is 11.3. The van der Waals surface area contributed by atoms with Crippen LogP contribution >= 0.6 is 12.2 Å². The smallest absolute Gasteiger partial charge is 0.230 e. The van der Waals surface area contributed by atoms with Gasteiger partial charge in [0.2, 0.25) is 5.91 Å². The monoisotopic (exact) mass is 363 g/mol.